The van der Waals surface area contributed by atoms with E-state index in [2.05, 4.69) is 12.2 Å². The minimum absolute atomic E-state index is 0.0267. The van der Waals surface area contributed by atoms with E-state index in [0.29, 0.717) is 17.2 Å². The first kappa shape index (κ1) is 21.1. The number of piperidine rings is 1. The maximum absolute atomic E-state index is 12.9. The first-order chi connectivity index (χ1) is 14.9. The minimum Gasteiger partial charge on any atom is -0.350 e. The van der Waals surface area contributed by atoms with Gasteiger partial charge in [-0.15, -0.1) is 0 Å². The number of imide groups is 1. The lowest BCUT2D eigenvalue weighted by Gasteiger charge is -2.31. The molecule has 0 saturated carbocycles. The number of likely N-dealkylation sites (tertiary alicyclic amines) is 1. The molecule has 2 aromatic carbocycles. The van der Waals surface area contributed by atoms with Crippen LogP contribution < -0.4 is 5.32 Å². The number of hydrogen-bond acceptors (Lipinski definition) is 4. The third-order valence-corrected chi connectivity index (χ3v) is 5.97. The molecule has 6 nitrogen and oxygen atoms in total. The maximum atomic E-state index is 12.9. The van der Waals surface area contributed by atoms with Gasteiger partial charge in [-0.05, 0) is 42.5 Å². The molecule has 0 radical (unpaired) electrons. The number of nitrogens with zero attached hydrogens (tertiary/aromatic N) is 2. The fourth-order valence-electron chi connectivity index (χ4n) is 4.00. The Morgan fingerprint density at radius 3 is 2.61 bits per heavy atom. The van der Waals surface area contributed by atoms with Crippen LogP contribution in [0.4, 0.5) is 5.69 Å². The molecule has 1 fully saturated rings. The molecule has 7 heteroatoms. The van der Waals surface area contributed by atoms with Gasteiger partial charge in [-0.2, -0.15) is 0 Å². The van der Waals surface area contributed by atoms with Gasteiger partial charge in [-0.25, -0.2) is 0 Å². The van der Waals surface area contributed by atoms with E-state index in [1.165, 1.54) is 0 Å². The van der Waals surface area contributed by atoms with Crippen molar-refractivity contribution in [3.8, 4) is 0 Å². The van der Waals surface area contributed by atoms with Crippen molar-refractivity contribution in [2.24, 2.45) is 5.92 Å². The molecule has 0 bridgehead atoms. The number of benzene rings is 2. The van der Waals surface area contributed by atoms with E-state index in [0.717, 1.165) is 36.4 Å². The quantitative estimate of drug-likeness (QED) is 0.718. The molecule has 1 atom stereocenters. The Balaban J connectivity index is 1.50. The number of amides is 3. The summed E-state index contributed by atoms with van der Waals surface area (Å²) in [7, 11) is 0. The fraction of sp³-hybridized carbons (Fsp3) is 0.292. The molecule has 0 spiro atoms. The molecular formula is C24H24ClN3O3. The van der Waals surface area contributed by atoms with Crippen LogP contribution >= 0.6 is 11.6 Å². The summed E-state index contributed by atoms with van der Waals surface area (Å²) >= 11 is 6.20. The molecule has 1 N–H and O–H groups in total. The number of anilines is 1. The van der Waals surface area contributed by atoms with E-state index in [-0.39, 0.29) is 23.2 Å². The minimum atomic E-state index is -0.535. The van der Waals surface area contributed by atoms with Gasteiger partial charge in [0.2, 0.25) is 0 Å². The van der Waals surface area contributed by atoms with Crippen LogP contribution in [-0.4, -0.2) is 40.6 Å². The number of rotatable bonds is 5. The van der Waals surface area contributed by atoms with Crippen molar-refractivity contribution in [1.82, 2.24) is 9.80 Å². The van der Waals surface area contributed by atoms with Crippen molar-refractivity contribution in [3.05, 3.63) is 76.5 Å². The predicted molar refractivity (Wildman–Crippen MR) is 119 cm³/mol. The summed E-state index contributed by atoms with van der Waals surface area (Å²) in [5, 5.41) is 2.81. The molecule has 2 aromatic rings. The van der Waals surface area contributed by atoms with Crippen molar-refractivity contribution in [2.75, 3.05) is 18.4 Å². The number of nitrogens with one attached hydrogen (secondary N) is 1. The lowest BCUT2D eigenvalue weighted by atomic mass is 9.99. The average molecular weight is 438 g/mol. The van der Waals surface area contributed by atoms with Gasteiger partial charge >= 0.3 is 0 Å². The monoisotopic (exact) mass is 437 g/mol. The summed E-state index contributed by atoms with van der Waals surface area (Å²) in [6, 6.07) is 16.2. The largest absolute Gasteiger partial charge is 0.350 e. The van der Waals surface area contributed by atoms with Crippen LogP contribution in [0.1, 0.15) is 35.7 Å². The van der Waals surface area contributed by atoms with Crippen molar-refractivity contribution < 1.29 is 14.4 Å². The van der Waals surface area contributed by atoms with Crippen LogP contribution in [0.15, 0.2) is 65.3 Å². The summed E-state index contributed by atoms with van der Waals surface area (Å²) in [6.45, 7) is 3.79. The first-order valence-corrected chi connectivity index (χ1v) is 10.8. The van der Waals surface area contributed by atoms with Crippen LogP contribution in [0.25, 0.3) is 0 Å². The highest BCUT2D eigenvalue weighted by Crippen LogP contribution is 2.27. The number of carbonyl (C=O) groups is 3. The molecule has 2 aliphatic rings. The summed E-state index contributed by atoms with van der Waals surface area (Å²) in [5.41, 5.74) is 1.93. The van der Waals surface area contributed by atoms with Gasteiger partial charge in [0.15, 0.2) is 0 Å². The topological polar surface area (TPSA) is 69.7 Å². The molecule has 31 heavy (non-hydrogen) atoms. The van der Waals surface area contributed by atoms with Crippen LogP contribution in [0.2, 0.25) is 0 Å². The molecule has 2 heterocycles. The molecule has 3 amide bonds. The maximum Gasteiger partial charge on any atom is 0.279 e. The Labute approximate surface area is 186 Å². The van der Waals surface area contributed by atoms with Gasteiger partial charge in [0.1, 0.15) is 10.7 Å². The van der Waals surface area contributed by atoms with E-state index < -0.39 is 11.8 Å². The zero-order valence-corrected chi connectivity index (χ0v) is 18.1. The smallest absolute Gasteiger partial charge is 0.279 e. The Hall–Kier alpha value is -3.12. The first-order valence-electron chi connectivity index (χ1n) is 10.4. The Bertz CT molecular complexity index is 1050. The average Bonchev–Trinajstić information content (AvgIpc) is 2.98. The van der Waals surface area contributed by atoms with Crippen molar-refractivity contribution in [3.63, 3.8) is 0 Å². The zero-order valence-electron chi connectivity index (χ0n) is 17.3. The highest BCUT2D eigenvalue weighted by molar-refractivity contribution is 6.48. The Kier molecular flexibility index (Phi) is 6.09. The second-order valence-corrected chi connectivity index (χ2v) is 8.45. The Morgan fingerprint density at radius 2 is 1.87 bits per heavy atom. The normalized spacial score (nSPS) is 19.2. The summed E-state index contributed by atoms with van der Waals surface area (Å²) < 4.78 is 0. The standard InChI is InChI=1S/C24H24ClN3O3/c1-16-7-6-12-27(14-16)22(29)18-10-5-11-19(13-18)26-21-20(25)23(30)28(24(21)31)15-17-8-3-2-4-9-17/h2-5,8-11,13,16,26H,6-7,12,14-15H2,1H3. The molecule has 1 saturated heterocycles. The molecule has 1 unspecified atom stereocenters. The lowest BCUT2D eigenvalue weighted by molar-refractivity contribution is -0.138. The highest BCUT2D eigenvalue weighted by Gasteiger charge is 2.37. The fourth-order valence-corrected chi connectivity index (χ4v) is 4.23. The summed E-state index contributed by atoms with van der Waals surface area (Å²) in [4.78, 5) is 41.3. The van der Waals surface area contributed by atoms with Gasteiger partial charge < -0.3 is 10.2 Å². The van der Waals surface area contributed by atoms with Gasteiger partial charge in [0, 0.05) is 24.3 Å². The second-order valence-electron chi connectivity index (χ2n) is 8.08. The van der Waals surface area contributed by atoms with Gasteiger partial charge in [0.25, 0.3) is 17.7 Å². The number of hydrogen-bond donors (Lipinski definition) is 1. The van der Waals surface area contributed by atoms with Crippen molar-refractivity contribution >= 4 is 35.0 Å². The lowest BCUT2D eigenvalue weighted by Crippen LogP contribution is -2.39. The van der Waals surface area contributed by atoms with E-state index >= 15 is 0 Å². The van der Waals surface area contributed by atoms with Crippen LogP contribution in [0.3, 0.4) is 0 Å². The zero-order chi connectivity index (χ0) is 22.0. The van der Waals surface area contributed by atoms with Crippen molar-refractivity contribution in [1.29, 1.82) is 0 Å². The molecule has 0 aromatic heterocycles. The number of carbonyl (C=O) groups excluding carboxylic acids is 3. The number of halogens is 1. The van der Waals surface area contributed by atoms with E-state index in [4.69, 9.17) is 11.6 Å². The molecule has 0 aliphatic carbocycles. The third-order valence-electron chi connectivity index (χ3n) is 5.62. The van der Waals surface area contributed by atoms with Crippen LogP contribution in [0, 0.1) is 5.92 Å². The van der Waals surface area contributed by atoms with Gasteiger partial charge in [0.05, 0.1) is 6.54 Å². The molecule has 2 aliphatic heterocycles. The van der Waals surface area contributed by atoms with E-state index in [9.17, 15) is 14.4 Å². The summed E-state index contributed by atoms with van der Waals surface area (Å²) in [6.07, 6.45) is 2.13. The molecule has 160 valence electrons. The van der Waals surface area contributed by atoms with Crippen molar-refractivity contribution in [2.45, 2.75) is 26.3 Å². The van der Waals surface area contributed by atoms with E-state index in [1.807, 2.05) is 35.2 Å². The second kappa shape index (κ2) is 8.94. The Morgan fingerprint density at radius 1 is 1.10 bits per heavy atom. The van der Waals surface area contributed by atoms with Crippen LogP contribution in [0.5, 0.6) is 0 Å². The molecule has 4 rings (SSSR count). The van der Waals surface area contributed by atoms with E-state index in [1.54, 1.807) is 24.3 Å². The van der Waals surface area contributed by atoms with Crippen LogP contribution in [-0.2, 0) is 16.1 Å². The predicted octanol–water partition coefficient (Wildman–Crippen LogP) is 3.99. The SMILES string of the molecule is CC1CCCN(C(=O)c2cccc(NC3=C(Cl)C(=O)N(Cc4ccccc4)C3=O)c2)C1. The van der Waals surface area contributed by atoms with Gasteiger partial charge in [-0.1, -0.05) is 54.9 Å². The summed E-state index contributed by atoms with van der Waals surface area (Å²) in [5.74, 6) is -0.566. The third kappa shape index (κ3) is 4.49. The molecular weight excluding hydrogens is 414 g/mol. The highest BCUT2D eigenvalue weighted by atomic mass is 35.5. The van der Waals surface area contributed by atoms with Gasteiger partial charge in [-0.3, -0.25) is 19.3 Å².